The highest BCUT2D eigenvalue weighted by Gasteiger charge is 2.06. The van der Waals surface area contributed by atoms with Crippen LogP contribution in [-0.4, -0.2) is 35.3 Å². The molecule has 0 saturated carbocycles. The summed E-state index contributed by atoms with van der Waals surface area (Å²) in [4.78, 5) is 2.22. The van der Waals surface area contributed by atoms with Gasteiger partial charge in [0.1, 0.15) is 0 Å². The summed E-state index contributed by atoms with van der Waals surface area (Å²) < 4.78 is 1.83. The zero-order chi connectivity index (χ0) is 14.5. The maximum atomic E-state index is 4.26. The molecule has 0 amide bonds. The zero-order valence-electron chi connectivity index (χ0n) is 12.6. The molecule has 0 aliphatic rings. The van der Waals surface area contributed by atoms with Crippen LogP contribution in [0.2, 0.25) is 0 Å². The van der Waals surface area contributed by atoms with Crippen molar-refractivity contribution in [3.63, 3.8) is 0 Å². The van der Waals surface area contributed by atoms with E-state index in [9.17, 15) is 0 Å². The molecule has 1 aromatic carbocycles. The van der Waals surface area contributed by atoms with E-state index in [1.54, 1.807) is 0 Å². The first-order valence-corrected chi connectivity index (χ1v) is 6.99. The molecule has 0 saturated heterocycles. The van der Waals surface area contributed by atoms with Gasteiger partial charge < -0.3 is 4.90 Å². The predicted octanol–water partition coefficient (Wildman–Crippen LogP) is 3.22. The second-order valence-electron chi connectivity index (χ2n) is 5.44. The predicted molar refractivity (Wildman–Crippen MR) is 85.6 cm³/mol. The van der Waals surface area contributed by atoms with Gasteiger partial charge in [0.25, 0.3) is 0 Å². The number of benzene rings is 1. The fraction of sp³-hybridized carbons (Fsp3) is 0.353. The lowest BCUT2D eigenvalue weighted by atomic mass is 9.97. The minimum absolute atomic E-state index is 1.10. The molecule has 0 spiro atoms. The van der Waals surface area contributed by atoms with E-state index in [2.05, 4.69) is 48.9 Å². The standard InChI is InChI=1S/C17H23N3/c1-5-15-9-8-14(7-6-10-19(2)3)11-17(15)16-12-18-20(4)13-16/h5,8-9,11-13H,1,6-7,10H2,2-4H3. The molecule has 2 aromatic rings. The third-order valence-corrected chi connectivity index (χ3v) is 3.42. The summed E-state index contributed by atoms with van der Waals surface area (Å²) in [7, 11) is 6.17. The maximum Gasteiger partial charge on any atom is 0.0568 e. The van der Waals surface area contributed by atoms with Crippen LogP contribution < -0.4 is 0 Å². The zero-order valence-corrected chi connectivity index (χ0v) is 12.6. The van der Waals surface area contributed by atoms with Gasteiger partial charge in [0.2, 0.25) is 0 Å². The van der Waals surface area contributed by atoms with Gasteiger partial charge in [-0.1, -0.05) is 30.9 Å². The first-order chi connectivity index (χ1) is 9.60. The number of aryl methyl sites for hydroxylation is 2. The Hall–Kier alpha value is -1.87. The van der Waals surface area contributed by atoms with E-state index in [0.717, 1.165) is 24.1 Å². The fourth-order valence-corrected chi connectivity index (χ4v) is 2.35. The highest BCUT2D eigenvalue weighted by atomic mass is 15.2. The third-order valence-electron chi connectivity index (χ3n) is 3.42. The first-order valence-electron chi connectivity index (χ1n) is 6.99. The molecule has 3 heteroatoms. The Morgan fingerprint density at radius 1 is 1.35 bits per heavy atom. The van der Waals surface area contributed by atoms with Gasteiger partial charge in [0.15, 0.2) is 0 Å². The van der Waals surface area contributed by atoms with Crippen molar-refractivity contribution >= 4 is 6.08 Å². The lowest BCUT2D eigenvalue weighted by molar-refractivity contribution is 0.400. The smallest absolute Gasteiger partial charge is 0.0568 e. The molecular weight excluding hydrogens is 246 g/mol. The molecule has 0 fully saturated rings. The number of hydrogen-bond donors (Lipinski definition) is 0. The van der Waals surface area contributed by atoms with Crippen LogP contribution in [0.1, 0.15) is 17.5 Å². The van der Waals surface area contributed by atoms with Gasteiger partial charge in [0.05, 0.1) is 6.20 Å². The Balaban J connectivity index is 2.23. The van der Waals surface area contributed by atoms with E-state index in [-0.39, 0.29) is 0 Å². The van der Waals surface area contributed by atoms with Crippen LogP contribution in [0.4, 0.5) is 0 Å². The van der Waals surface area contributed by atoms with Gasteiger partial charge in [-0.3, -0.25) is 4.68 Å². The second-order valence-corrected chi connectivity index (χ2v) is 5.44. The van der Waals surface area contributed by atoms with E-state index in [1.165, 1.54) is 17.5 Å². The Bertz CT molecular complexity index is 582. The van der Waals surface area contributed by atoms with Gasteiger partial charge in [0, 0.05) is 18.8 Å². The Labute approximate surface area is 121 Å². The minimum atomic E-state index is 1.10. The van der Waals surface area contributed by atoms with Crippen molar-refractivity contribution in [3.05, 3.63) is 48.3 Å². The monoisotopic (exact) mass is 269 g/mol. The lowest BCUT2D eigenvalue weighted by Crippen LogP contribution is -2.13. The van der Waals surface area contributed by atoms with Crippen molar-refractivity contribution in [2.75, 3.05) is 20.6 Å². The number of rotatable bonds is 6. The van der Waals surface area contributed by atoms with Crippen molar-refractivity contribution in [1.82, 2.24) is 14.7 Å². The van der Waals surface area contributed by atoms with Crippen LogP contribution in [0.5, 0.6) is 0 Å². The average Bonchev–Trinajstić information content (AvgIpc) is 2.85. The molecule has 3 nitrogen and oxygen atoms in total. The van der Waals surface area contributed by atoms with E-state index < -0.39 is 0 Å². The molecule has 2 rings (SSSR count). The first kappa shape index (κ1) is 14.5. The molecule has 0 unspecified atom stereocenters. The van der Waals surface area contributed by atoms with E-state index in [0.29, 0.717) is 0 Å². The van der Waals surface area contributed by atoms with Crippen LogP contribution in [0.25, 0.3) is 17.2 Å². The summed E-state index contributed by atoms with van der Waals surface area (Å²) in [6.07, 6.45) is 8.14. The van der Waals surface area contributed by atoms with Crippen molar-refractivity contribution < 1.29 is 0 Å². The van der Waals surface area contributed by atoms with E-state index >= 15 is 0 Å². The normalized spacial score (nSPS) is 11.0. The van der Waals surface area contributed by atoms with Gasteiger partial charge in [-0.05, 0) is 50.2 Å². The summed E-state index contributed by atoms with van der Waals surface area (Å²) in [5.74, 6) is 0. The van der Waals surface area contributed by atoms with Gasteiger partial charge in [-0.2, -0.15) is 5.10 Å². The Morgan fingerprint density at radius 2 is 2.15 bits per heavy atom. The minimum Gasteiger partial charge on any atom is -0.309 e. The molecule has 0 radical (unpaired) electrons. The molecule has 0 atom stereocenters. The Morgan fingerprint density at radius 3 is 2.75 bits per heavy atom. The average molecular weight is 269 g/mol. The molecule has 20 heavy (non-hydrogen) atoms. The van der Waals surface area contributed by atoms with E-state index in [4.69, 9.17) is 0 Å². The number of aromatic nitrogens is 2. The fourth-order valence-electron chi connectivity index (χ4n) is 2.35. The summed E-state index contributed by atoms with van der Waals surface area (Å²) in [5.41, 5.74) is 4.90. The lowest BCUT2D eigenvalue weighted by Gasteiger charge is -2.11. The molecular formula is C17H23N3. The van der Waals surface area contributed by atoms with Crippen LogP contribution in [-0.2, 0) is 13.5 Å². The highest BCUT2D eigenvalue weighted by Crippen LogP contribution is 2.26. The maximum absolute atomic E-state index is 4.26. The summed E-state index contributed by atoms with van der Waals surface area (Å²) >= 11 is 0. The number of hydrogen-bond acceptors (Lipinski definition) is 2. The quantitative estimate of drug-likeness (QED) is 0.803. The van der Waals surface area contributed by atoms with Crippen LogP contribution in [0, 0.1) is 0 Å². The molecule has 1 aromatic heterocycles. The second kappa shape index (κ2) is 6.53. The molecule has 106 valence electrons. The van der Waals surface area contributed by atoms with E-state index in [1.807, 2.05) is 30.2 Å². The highest BCUT2D eigenvalue weighted by molar-refractivity contribution is 5.74. The Kier molecular flexibility index (Phi) is 4.74. The van der Waals surface area contributed by atoms with Crippen LogP contribution in [0.3, 0.4) is 0 Å². The van der Waals surface area contributed by atoms with Crippen molar-refractivity contribution in [2.45, 2.75) is 12.8 Å². The van der Waals surface area contributed by atoms with Crippen LogP contribution >= 0.6 is 0 Å². The van der Waals surface area contributed by atoms with Crippen molar-refractivity contribution in [2.24, 2.45) is 7.05 Å². The summed E-state index contributed by atoms with van der Waals surface area (Å²) in [6, 6.07) is 6.62. The molecule has 0 N–H and O–H groups in total. The topological polar surface area (TPSA) is 21.1 Å². The largest absolute Gasteiger partial charge is 0.309 e. The molecule has 0 aliphatic heterocycles. The molecule has 0 bridgehead atoms. The number of nitrogens with zero attached hydrogens (tertiary/aromatic N) is 3. The SMILES string of the molecule is C=Cc1ccc(CCCN(C)C)cc1-c1cnn(C)c1. The van der Waals surface area contributed by atoms with Gasteiger partial charge >= 0.3 is 0 Å². The molecule has 1 heterocycles. The summed E-state index contributed by atoms with van der Waals surface area (Å²) in [6.45, 7) is 5.02. The van der Waals surface area contributed by atoms with Gasteiger partial charge in [-0.15, -0.1) is 0 Å². The van der Waals surface area contributed by atoms with Crippen molar-refractivity contribution in [3.8, 4) is 11.1 Å². The molecule has 0 aliphatic carbocycles. The van der Waals surface area contributed by atoms with Crippen molar-refractivity contribution in [1.29, 1.82) is 0 Å². The third kappa shape index (κ3) is 3.58. The van der Waals surface area contributed by atoms with Crippen LogP contribution in [0.15, 0.2) is 37.2 Å². The van der Waals surface area contributed by atoms with Gasteiger partial charge in [-0.25, -0.2) is 0 Å². The summed E-state index contributed by atoms with van der Waals surface area (Å²) in [5, 5.41) is 4.26.